The van der Waals surface area contributed by atoms with Crippen molar-refractivity contribution in [3.8, 4) is 0 Å². The number of nitrogens with zero attached hydrogens (tertiary/aromatic N) is 5. The van der Waals surface area contributed by atoms with Crippen LogP contribution in [0.1, 0.15) is 32.6 Å². The molecular formula is C19H32N6O. The van der Waals surface area contributed by atoms with Crippen LogP contribution in [0.2, 0.25) is 0 Å². The van der Waals surface area contributed by atoms with Crippen molar-refractivity contribution >= 4 is 17.7 Å². The molecule has 0 aromatic carbocycles. The maximum Gasteiger partial charge on any atom is 0.224 e. The Kier molecular flexibility index (Phi) is 6.66. The summed E-state index contributed by atoms with van der Waals surface area (Å²) >= 11 is 0. The summed E-state index contributed by atoms with van der Waals surface area (Å²) in [6, 6.07) is 1.96. The van der Waals surface area contributed by atoms with Gasteiger partial charge in [0.1, 0.15) is 5.82 Å². The van der Waals surface area contributed by atoms with Crippen LogP contribution in [0.4, 0.5) is 11.8 Å². The van der Waals surface area contributed by atoms with Crippen LogP contribution >= 0.6 is 0 Å². The first-order chi connectivity index (χ1) is 12.7. The Hall–Kier alpha value is -1.89. The van der Waals surface area contributed by atoms with Gasteiger partial charge in [0, 0.05) is 58.9 Å². The molecule has 3 rings (SSSR count). The lowest BCUT2D eigenvalue weighted by atomic mass is 9.93. The SMILES string of the molecule is CCCN1CCN(C(=O)CC2CCN(c3ccnc(NC)n3)CC2)CC1. The summed E-state index contributed by atoms with van der Waals surface area (Å²) in [4.78, 5) is 28.2. The first-order valence-electron chi connectivity index (χ1n) is 9.95. The summed E-state index contributed by atoms with van der Waals surface area (Å²) in [5, 5.41) is 2.99. The number of piperazine rings is 1. The molecule has 7 heteroatoms. The average molecular weight is 361 g/mol. The number of carbonyl (C=O) groups is 1. The van der Waals surface area contributed by atoms with E-state index in [1.54, 1.807) is 6.20 Å². The highest BCUT2D eigenvalue weighted by Crippen LogP contribution is 2.25. The quantitative estimate of drug-likeness (QED) is 0.833. The van der Waals surface area contributed by atoms with Crippen LogP contribution in [0.15, 0.2) is 12.3 Å². The molecule has 1 aromatic rings. The van der Waals surface area contributed by atoms with Crippen LogP contribution in [0.3, 0.4) is 0 Å². The lowest BCUT2D eigenvalue weighted by Crippen LogP contribution is -2.49. The maximum absolute atomic E-state index is 12.6. The second-order valence-electron chi connectivity index (χ2n) is 7.35. The molecule has 1 amide bonds. The zero-order chi connectivity index (χ0) is 18.4. The Morgan fingerprint density at radius 3 is 2.58 bits per heavy atom. The summed E-state index contributed by atoms with van der Waals surface area (Å²) in [7, 11) is 1.83. The van der Waals surface area contributed by atoms with E-state index in [1.807, 2.05) is 13.1 Å². The van der Waals surface area contributed by atoms with E-state index < -0.39 is 0 Å². The third kappa shape index (κ3) is 4.84. The standard InChI is InChI=1S/C19H32N6O/c1-3-8-23-11-13-25(14-12-23)18(26)15-16-5-9-24(10-6-16)17-4-7-21-19(20-2)22-17/h4,7,16H,3,5-6,8-15H2,1-2H3,(H,20,21,22). The monoisotopic (exact) mass is 360 g/mol. The van der Waals surface area contributed by atoms with Crippen LogP contribution in [0.25, 0.3) is 0 Å². The number of amides is 1. The van der Waals surface area contributed by atoms with Gasteiger partial charge in [0.05, 0.1) is 0 Å². The predicted octanol–water partition coefficient (Wildman–Crippen LogP) is 1.68. The van der Waals surface area contributed by atoms with Gasteiger partial charge in [-0.3, -0.25) is 9.69 Å². The number of hydrogen-bond acceptors (Lipinski definition) is 6. The molecule has 0 spiro atoms. The summed E-state index contributed by atoms with van der Waals surface area (Å²) in [5.41, 5.74) is 0. The number of aromatic nitrogens is 2. The number of carbonyl (C=O) groups excluding carboxylic acids is 1. The Morgan fingerprint density at radius 2 is 1.92 bits per heavy atom. The summed E-state index contributed by atoms with van der Waals surface area (Å²) in [5.74, 6) is 2.47. The van der Waals surface area contributed by atoms with Crippen LogP contribution < -0.4 is 10.2 Å². The van der Waals surface area contributed by atoms with Gasteiger partial charge in [-0.1, -0.05) is 6.92 Å². The summed E-state index contributed by atoms with van der Waals surface area (Å²) in [6.07, 6.45) is 5.80. The van der Waals surface area contributed by atoms with Crippen molar-refractivity contribution in [3.05, 3.63) is 12.3 Å². The Morgan fingerprint density at radius 1 is 1.19 bits per heavy atom. The lowest BCUT2D eigenvalue weighted by molar-refractivity contribution is -0.134. The second-order valence-corrected chi connectivity index (χ2v) is 7.35. The van der Waals surface area contributed by atoms with Gasteiger partial charge in [0.15, 0.2) is 0 Å². The van der Waals surface area contributed by atoms with E-state index in [0.717, 1.165) is 64.5 Å². The highest BCUT2D eigenvalue weighted by Gasteiger charge is 2.26. The van der Waals surface area contributed by atoms with Gasteiger partial charge in [-0.25, -0.2) is 4.98 Å². The molecule has 1 aromatic heterocycles. The van der Waals surface area contributed by atoms with Crippen LogP contribution in [-0.2, 0) is 4.79 Å². The van der Waals surface area contributed by atoms with Crippen molar-refractivity contribution in [2.75, 3.05) is 63.1 Å². The minimum absolute atomic E-state index is 0.346. The smallest absolute Gasteiger partial charge is 0.224 e. The molecule has 0 radical (unpaired) electrons. The highest BCUT2D eigenvalue weighted by molar-refractivity contribution is 5.76. The topological polar surface area (TPSA) is 64.6 Å². The maximum atomic E-state index is 12.6. The largest absolute Gasteiger partial charge is 0.357 e. The molecule has 0 unspecified atom stereocenters. The van der Waals surface area contributed by atoms with Crippen molar-refractivity contribution in [3.63, 3.8) is 0 Å². The van der Waals surface area contributed by atoms with Gasteiger partial charge in [0.2, 0.25) is 11.9 Å². The third-order valence-corrected chi connectivity index (χ3v) is 5.53. The normalized spacial score (nSPS) is 19.6. The second kappa shape index (κ2) is 9.16. The van der Waals surface area contributed by atoms with Gasteiger partial charge in [-0.05, 0) is 37.8 Å². The number of nitrogens with one attached hydrogen (secondary N) is 1. The van der Waals surface area contributed by atoms with E-state index in [1.165, 1.54) is 6.42 Å². The molecule has 2 aliphatic rings. The molecule has 26 heavy (non-hydrogen) atoms. The van der Waals surface area contributed by atoms with Crippen molar-refractivity contribution in [1.29, 1.82) is 0 Å². The fourth-order valence-corrected chi connectivity index (χ4v) is 3.93. The van der Waals surface area contributed by atoms with Crippen molar-refractivity contribution in [2.45, 2.75) is 32.6 Å². The van der Waals surface area contributed by atoms with Crippen molar-refractivity contribution < 1.29 is 4.79 Å². The van der Waals surface area contributed by atoms with Crippen molar-refractivity contribution in [1.82, 2.24) is 19.8 Å². The van der Waals surface area contributed by atoms with E-state index in [4.69, 9.17) is 0 Å². The fraction of sp³-hybridized carbons (Fsp3) is 0.737. The van der Waals surface area contributed by atoms with Gasteiger partial charge in [0.25, 0.3) is 0 Å². The molecule has 0 atom stereocenters. The van der Waals surface area contributed by atoms with E-state index in [2.05, 4.69) is 36.9 Å². The predicted molar refractivity (Wildman–Crippen MR) is 104 cm³/mol. The highest BCUT2D eigenvalue weighted by atomic mass is 16.2. The number of hydrogen-bond donors (Lipinski definition) is 1. The minimum Gasteiger partial charge on any atom is -0.357 e. The lowest BCUT2D eigenvalue weighted by Gasteiger charge is -2.36. The minimum atomic E-state index is 0.346. The number of anilines is 2. The molecular weight excluding hydrogens is 328 g/mol. The van der Waals surface area contributed by atoms with Gasteiger partial charge < -0.3 is 15.1 Å². The first kappa shape index (κ1) is 18.9. The zero-order valence-corrected chi connectivity index (χ0v) is 16.2. The van der Waals surface area contributed by atoms with Crippen molar-refractivity contribution in [2.24, 2.45) is 5.92 Å². The van der Waals surface area contributed by atoms with Gasteiger partial charge in [-0.15, -0.1) is 0 Å². The third-order valence-electron chi connectivity index (χ3n) is 5.53. The Balaban J connectivity index is 1.43. The van der Waals surface area contributed by atoms with Gasteiger partial charge in [-0.2, -0.15) is 4.98 Å². The summed E-state index contributed by atoms with van der Waals surface area (Å²) < 4.78 is 0. The fourth-order valence-electron chi connectivity index (χ4n) is 3.93. The number of rotatable bonds is 6. The molecule has 2 aliphatic heterocycles. The Bertz CT molecular complexity index is 579. The molecule has 3 heterocycles. The van der Waals surface area contributed by atoms with Crippen LogP contribution in [0.5, 0.6) is 0 Å². The van der Waals surface area contributed by atoms with Crippen LogP contribution in [-0.4, -0.2) is 78.5 Å². The molecule has 2 fully saturated rings. The Labute approximate surface area is 156 Å². The van der Waals surface area contributed by atoms with E-state index in [0.29, 0.717) is 24.2 Å². The van der Waals surface area contributed by atoms with E-state index in [9.17, 15) is 4.79 Å². The first-order valence-corrected chi connectivity index (χ1v) is 9.95. The molecule has 144 valence electrons. The van der Waals surface area contributed by atoms with Crippen LogP contribution in [0, 0.1) is 5.92 Å². The zero-order valence-electron chi connectivity index (χ0n) is 16.2. The average Bonchev–Trinajstić information content (AvgIpc) is 2.69. The molecule has 1 N–H and O–H groups in total. The summed E-state index contributed by atoms with van der Waals surface area (Å²) in [6.45, 7) is 9.13. The molecule has 0 saturated carbocycles. The molecule has 0 bridgehead atoms. The number of piperidine rings is 1. The molecule has 7 nitrogen and oxygen atoms in total. The van der Waals surface area contributed by atoms with E-state index in [-0.39, 0.29) is 0 Å². The molecule has 0 aliphatic carbocycles. The van der Waals surface area contributed by atoms with Gasteiger partial charge >= 0.3 is 0 Å². The van der Waals surface area contributed by atoms with E-state index >= 15 is 0 Å². The molecule has 2 saturated heterocycles.